The van der Waals surface area contributed by atoms with Crippen molar-refractivity contribution in [3.05, 3.63) is 35.9 Å². The summed E-state index contributed by atoms with van der Waals surface area (Å²) in [5.74, 6) is -0.473. The molecule has 2 rings (SSSR count). The van der Waals surface area contributed by atoms with Crippen LogP contribution in [0.2, 0.25) is 0 Å². The van der Waals surface area contributed by atoms with Gasteiger partial charge in [0, 0.05) is 19.2 Å². The highest BCUT2D eigenvalue weighted by atomic mass is 32.2. The SMILES string of the molecule is CO[C@H]1[C@@H](NC(=O)c2ccccc2)[C@@H](O)O[C@H](CN)[C@H]1OS(C)(=O)=O. The fourth-order valence-electron chi connectivity index (χ4n) is 2.69. The molecule has 0 aliphatic carbocycles. The highest BCUT2D eigenvalue weighted by Crippen LogP contribution is 2.25. The second-order valence-electron chi connectivity index (χ2n) is 5.63. The van der Waals surface area contributed by atoms with Gasteiger partial charge in [0.2, 0.25) is 0 Å². The van der Waals surface area contributed by atoms with Crippen molar-refractivity contribution in [1.29, 1.82) is 0 Å². The van der Waals surface area contributed by atoms with Crippen LogP contribution in [0.4, 0.5) is 0 Å². The van der Waals surface area contributed by atoms with Gasteiger partial charge in [0.25, 0.3) is 16.0 Å². The van der Waals surface area contributed by atoms with Crippen LogP contribution < -0.4 is 11.1 Å². The Labute approximate surface area is 146 Å². The third-order valence-corrected chi connectivity index (χ3v) is 4.36. The molecule has 1 aromatic carbocycles. The van der Waals surface area contributed by atoms with Crippen LogP contribution in [0, 0.1) is 0 Å². The lowest BCUT2D eigenvalue weighted by Gasteiger charge is -2.43. The highest BCUT2D eigenvalue weighted by Gasteiger charge is 2.48. The zero-order valence-corrected chi connectivity index (χ0v) is 14.7. The van der Waals surface area contributed by atoms with E-state index in [0.29, 0.717) is 5.56 Å². The van der Waals surface area contributed by atoms with Crippen LogP contribution in [0.5, 0.6) is 0 Å². The van der Waals surface area contributed by atoms with Crippen molar-refractivity contribution in [2.24, 2.45) is 5.73 Å². The fourth-order valence-corrected chi connectivity index (χ4v) is 3.32. The molecule has 4 N–H and O–H groups in total. The molecule has 1 fully saturated rings. The van der Waals surface area contributed by atoms with E-state index in [4.69, 9.17) is 19.4 Å². The summed E-state index contributed by atoms with van der Waals surface area (Å²) < 4.78 is 38.7. The van der Waals surface area contributed by atoms with Crippen molar-refractivity contribution in [2.75, 3.05) is 19.9 Å². The molecular formula is C15H22N2O7S. The molecule has 0 spiro atoms. The number of methoxy groups -OCH3 is 1. The Balaban J connectivity index is 2.24. The standard InChI is InChI=1S/C15H22N2O7S/c1-22-13-11(17-14(18)9-6-4-3-5-7-9)15(19)23-10(8-16)12(13)24-25(2,20)21/h3-7,10-13,15,19H,8,16H2,1-2H3,(H,17,18)/t10-,11-,12-,13+,15+/m1/s1. The van der Waals surface area contributed by atoms with Gasteiger partial charge >= 0.3 is 0 Å². The largest absolute Gasteiger partial charge is 0.376 e. The zero-order chi connectivity index (χ0) is 18.6. The van der Waals surface area contributed by atoms with E-state index in [1.807, 2.05) is 0 Å². The van der Waals surface area contributed by atoms with E-state index in [1.165, 1.54) is 7.11 Å². The monoisotopic (exact) mass is 374 g/mol. The molecule has 1 aromatic rings. The van der Waals surface area contributed by atoms with E-state index in [9.17, 15) is 18.3 Å². The maximum absolute atomic E-state index is 12.3. The number of carbonyl (C=O) groups is 1. The van der Waals surface area contributed by atoms with Crippen LogP contribution in [0.1, 0.15) is 10.4 Å². The van der Waals surface area contributed by atoms with Crippen molar-refractivity contribution in [1.82, 2.24) is 5.32 Å². The van der Waals surface area contributed by atoms with Crippen molar-refractivity contribution < 1.29 is 32.0 Å². The van der Waals surface area contributed by atoms with Gasteiger partial charge in [-0.25, -0.2) is 0 Å². The van der Waals surface area contributed by atoms with E-state index >= 15 is 0 Å². The van der Waals surface area contributed by atoms with Gasteiger partial charge in [0.15, 0.2) is 6.29 Å². The highest BCUT2D eigenvalue weighted by molar-refractivity contribution is 7.86. The van der Waals surface area contributed by atoms with Gasteiger partial charge in [0.1, 0.15) is 24.4 Å². The van der Waals surface area contributed by atoms with Gasteiger partial charge in [-0.2, -0.15) is 8.42 Å². The lowest BCUT2D eigenvalue weighted by atomic mass is 9.96. The molecule has 0 radical (unpaired) electrons. The number of ether oxygens (including phenoxy) is 2. The number of carbonyl (C=O) groups excluding carboxylic acids is 1. The average Bonchev–Trinajstić information content (AvgIpc) is 2.57. The molecule has 9 nitrogen and oxygen atoms in total. The first kappa shape index (κ1) is 19.8. The number of nitrogens with two attached hydrogens (primary N) is 1. The summed E-state index contributed by atoms with van der Waals surface area (Å²) in [6.45, 7) is -0.101. The van der Waals surface area contributed by atoms with Crippen molar-refractivity contribution in [3.8, 4) is 0 Å². The number of aliphatic hydroxyl groups excluding tert-OH is 1. The first-order valence-corrected chi connectivity index (χ1v) is 9.39. The summed E-state index contributed by atoms with van der Waals surface area (Å²) in [5, 5.41) is 12.8. The molecule has 1 amide bonds. The van der Waals surface area contributed by atoms with E-state index in [-0.39, 0.29) is 6.54 Å². The fraction of sp³-hybridized carbons (Fsp3) is 0.533. The summed E-state index contributed by atoms with van der Waals surface area (Å²) in [7, 11) is -2.53. The number of nitrogens with one attached hydrogen (secondary N) is 1. The third-order valence-electron chi connectivity index (χ3n) is 3.79. The second-order valence-corrected chi connectivity index (χ2v) is 7.23. The summed E-state index contributed by atoms with van der Waals surface area (Å²) in [5.41, 5.74) is 5.94. The van der Waals surface area contributed by atoms with Crippen molar-refractivity contribution >= 4 is 16.0 Å². The summed E-state index contributed by atoms with van der Waals surface area (Å²) in [6.07, 6.45) is -3.57. The maximum Gasteiger partial charge on any atom is 0.264 e. The average molecular weight is 374 g/mol. The number of amides is 1. The lowest BCUT2D eigenvalue weighted by Crippen LogP contribution is -2.66. The van der Waals surface area contributed by atoms with Gasteiger partial charge in [-0.05, 0) is 12.1 Å². The van der Waals surface area contributed by atoms with Gasteiger partial charge in [0.05, 0.1) is 6.26 Å². The number of benzene rings is 1. The Morgan fingerprint density at radius 1 is 1.32 bits per heavy atom. The van der Waals surface area contributed by atoms with Gasteiger partial charge in [-0.1, -0.05) is 18.2 Å². The van der Waals surface area contributed by atoms with Crippen LogP contribution in [0.25, 0.3) is 0 Å². The molecule has 10 heteroatoms. The summed E-state index contributed by atoms with van der Waals surface area (Å²) >= 11 is 0. The van der Waals surface area contributed by atoms with E-state index < -0.39 is 46.7 Å². The Kier molecular flexibility index (Phi) is 6.49. The predicted molar refractivity (Wildman–Crippen MR) is 88.1 cm³/mol. The van der Waals surface area contributed by atoms with E-state index in [2.05, 4.69) is 5.32 Å². The molecule has 5 atom stereocenters. The minimum Gasteiger partial charge on any atom is -0.376 e. The molecular weight excluding hydrogens is 352 g/mol. The van der Waals surface area contributed by atoms with Crippen LogP contribution in [-0.2, 0) is 23.8 Å². The minimum absolute atomic E-state index is 0.101. The van der Waals surface area contributed by atoms with Crippen LogP contribution in [0.3, 0.4) is 0 Å². The topological polar surface area (TPSA) is 137 Å². The third kappa shape index (κ3) is 4.97. The van der Waals surface area contributed by atoms with E-state index in [1.54, 1.807) is 30.3 Å². The van der Waals surface area contributed by atoms with Crippen LogP contribution >= 0.6 is 0 Å². The minimum atomic E-state index is -3.84. The number of hydrogen-bond acceptors (Lipinski definition) is 8. The molecule has 25 heavy (non-hydrogen) atoms. The summed E-state index contributed by atoms with van der Waals surface area (Å²) in [6, 6.07) is 7.29. The predicted octanol–water partition coefficient (Wildman–Crippen LogP) is -1.18. The quantitative estimate of drug-likeness (QED) is 0.529. The number of aliphatic hydroxyl groups is 1. The lowest BCUT2D eigenvalue weighted by molar-refractivity contribution is -0.241. The van der Waals surface area contributed by atoms with Crippen molar-refractivity contribution in [2.45, 2.75) is 30.6 Å². The number of rotatable bonds is 6. The molecule has 0 aromatic heterocycles. The van der Waals surface area contributed by atoms with E-state index in [0.717, 1.165) is 6.26 Å². The molecule has 1 heterocycles. The Bertz CT molecular complexity index is 682. The first-order valence-electron chi connectivity index (χ1n) is 7.57. The first-order chi connectivity index (χ1) is 11.8. The normalized spacial score (nSPS) is 30.0. The Morgan fingerprint density at radius 2 is 1.96 bits per heavy atom. The smallest absolute Gasteiger partial charge is 0.264 e. The molecule has 140 valence electrons. The van der Waals surface area contributed by atoms with Gasteiger partial charge in [-0.15, -0.1) is 0 Å². The molecule has 0 bridgehead atoms. The Morgan fingerprint density at radius 3 is 2.48 bits per heavy atom. The number of hydrogen-bond donors (Lipinski definition) is 3. The van der Waals surface area contributed by atoms with Gasteiger partial charge in [-0.3, -0.25) is 8.98 Å². The van der Waals surface area contributed by atoms with Crippen LogP contribution in [-0.4, -0.2) is 70.0 Å². The van der Waals surface area contributed by atoms with Gasteiger partial charge < -0.3 is 25.6 Å². The summed E-state index contributed by atoms with van der Waals surface area (Å²) in [4.78, 5) is 12.3. The molecule has 0 unspecified atom stereocenters. The molecule has 1 aliphatic rings. The van der Waals surface area contributed by atoms with Crippen LogP contribution in [0.15, 0.2) is 30.3 Å². The Hall–Kier alpha value is -1.56. The van der Waals surface area contributed by atoms with Crippen molar-refractivity contribution in [3.63, 3.8) is 0 Å². The maximum atomic E-state index is 12.3. The molecule has 1 aliphatic heterocycles. The second kappa shape index (κ2) is 8.21. The molecule has 1 saturated heterocycles. The zero-order valence-electron chi connectivity index (χ0n) is 13.9. The molecule has 0 saturated carbocycles.